The highest BCUT2D eigenvalue weighted by atomic mass is 32.2. The van der Waals surface area contributed by atoms with E-state index in [4.69, 9.17) is 9.47 Å². The molecule has 1 saturated carbocycles. The van der Waals surface area contributed by atoms with Crippen LogP contribution in [0, 0.1) is 0 Å². The van der Waals surface area contributed by atoms with Gasteiger partial charge in [0.15, 0.2) is 0 Å². The number of rotatable bonds is 10. The Kier molecular flexibility index (Phi) is 8.30. The highest BCUT2D eigenvalue weighted by Gasteiger charge is 2.31. The van der Waals surface area contributed by atoms with Crippen LogP contribution in [0.3, 0.4) is 0 Å². The van der Waals surface area contributed by atoms with Gasteiger partial charge < -0.3 is 14.8 Å². The van der Waals surface area contributed by atoms with E-state index in [9.17, 15) is 13.2 Å². The summed E-state index contributed by atoms with van der Waals surface area (Å²) in [5.41, 5.74) is 0.271. The number of sulfonamides is 1. The molecule has 0 spiro atoms. The number of anilines is 1. The average molecular weight is 431 g/mol. The Hall–Kier alpha value is -1.61. The molecule has 1 aromatic rings. The molecule has 9 heteroatoms. The van der Waals surface area contributed by atoms with E-state index < -0.39 is 16.1 Å². The lowest BCUT2D eigenvalue weighted by Gasteiger charge is -2.29. The number of nitrogens with one attached hydrogen (secondary N) is 1. The fourth-order valence-electron chi connectivity index (χ4n) is 3.35. The molecule has 0 heterocycles. The van der Waals surface area contributed by atoms with Gasteiger partial charge in [0.25, 0.3) is 0 Å². The number of thioether (sulfide) groups is 1. The Morgan fingerprint density at radius 3 is 2.54 bits per heavy atom. The first-order chi connectivity index (χ1) is 13.3. The number of amides is 1. The van der Waals surface area contributed by atoms with Crippen LogP contribution in [0.1, 0.15) is 32.6 Å². The number of benzene rings is 1. The summed E-state index contributed by atoms with van der Waals surface area (Å²) >= 11 is 1.88. The summed E-state index contributed by atoms with van der Waals surface area (Å²) in [5.74, 6) is 1.31. The van der Waals surface area contributed by atoms with Crippen molar-refractivity contribution in [2.75, 3.05) is 37.1 Å². The molecule has 28 heavy (non-hydrogen) atoms. The molecule has 0 radical (unpaired) electrons. The monoisotopic (exact) mass is 430 g/mol. The van der Waals surface area contributed by atoms with Gasteiger partial charge in [-0.25, -0.2) is 8.42 Å². The molecule has 1 amide bonds. The largest absolute Gasteiger partial charge is 0.497 e. The summed E-state index contributed by atoms with van der Waals surface area (Å²) in [5, 5.41) is 3.54. The van der Waals surface area contributed by atoms with Gasteiger partial charge >= 0.3 is 0 Å². The third-order valence-corrected chi connectivity index (χ3v) is 7.38. The quantitative estimate of drug-likeness (QED) is 0.575. The summed E-state index contributed by atoms with van der Waals surface area (Å²) in [4.78, 5) is 12.7. The third kappa shape index (κ3) is 5.94. The predicted octanol–water partition coefficient (Wildman–Crippen LogP) is 2.65. The zero-order valence-electron chi connectivity index (χ0n) is 16.9. The van der Waals surface area contributed by atoms with Crippen molar-refractivity contribution in [1.82, 2.24) is 5.32 Å². The maximum absolute atomic E-state index is 12.7. The Morgan fingerprint density at radius 2 is 1.96 bits per heavy atom. The molecule has 1 aliphatic carbocycles. The van der Waals surface area contributed by atoms with Gasteiger partial charge in [-0.3, -0.25) is 9.10 Å². The number of carbonyl (C=O) groups is 1. The van der Waals surface area contributed by atoms with Crippen LogP contribution in [0.4, 0.5) is 5.69 Å². The summed E-state index contributed by atoms with van der Waals surface area (Å²) in [6.07, 6.45) is 6.13. The van der Waals surface area contributed by atoms with E-state index in [1.807, 2.05) is 11.8 Å². The van der Waals surface area contributed by atoms with Gasteiger partial charge in [0.1, 0.15) is 17.5 Å². The molecule has 7 nitrogen and oxygen atoms in total. The van der Waals surface area contributed by atoms with E-state index in [0.717, 1.165) is 16.3 Å². The molecule has 0 aromatic heterocycles. The van der Waals surface area contributed by atoms with Gasteiger partial charge in [0, 0.05) is 23.6 Å². The number of methoxy groups -OCH3 is 2. The maximum atomic E-state index is 12.7. The minimum atomic E-state index is -3.73. The van der Waals surface area contributed by atoms with Gasteiger partial charge in [0.05, 0.1) is 26.2 Å². The molecule has 0 unspecified atom stereocenters. The highest BCUT2D eigenvalue weighted by molar-refractivity contribution is 7.99. The lowest BCUT2D eigenvalue weighted by molar-refractivity contribution is -0.121. The number of hydrogen-bond donors (Lipinski definition) is 1. The van der Waals surface area contributed by atoms with Gasteiger partial charge in [-0.2, -0.15) is 11.8 Å². The van der Waals surface area contributed by atoms with Crippen molar-refractivity contribution in [3.63, 3.8) is 0 Å². The first-order valence-corrected chi connectivity index (χ1v) is 12.3. The van der Waals surface area contributed by atoms with Crippen molar-refractivity contribution >= 4 is 33.4 Å². The molecule has 1 fully saturated rings. The van der Waals surface area contributed by atoms with Gasteiger partial charge in [-0.05, 0) is 31.9 Å². The molecule has 0 bridgehead atoms. The Labute approximate surface area is 172 Å². The van der Waals surface area contributed by atoms with Crippen LogP contribution in [0.2, 0.25) is 0 Å². The SMILES string of the molecule is COc1ccc(OC)c(N([C@H](C)C(=O)NCCSC2CCCC2)S(C)(=O)=O)c1. The molecule has 1 N–H and O–H groups in total. The summed E-state index contributed by atoms with van der Waals surface area (Å²) in [6, 6.07) is 3.93. The normalized spacial score (nSPS) is 15.9. The minimum Gasteiger partial charge on any atom is -0.497 e. The van der Waals surface area contributed by atoms with Crippen LogP contribution in [0.5, 0.6) is 11.5 Å². The Bertz CT molecular complexity index is 764. The predicted molar refractivity (Wildman–Crippen MR) is 114 cm³/mol. The van der Waals surface area contributed by atoms with Crippen LogP contribution in [0.25, 0.3) is 0 Å². The van der Waals surface area contributed by atoms with Crippen molar-refractivity contribution in [2.24, 2.45) is 0 Å². The number of nitrogens with zero attached hydrogens (tertiary/aromatic N) is 1. The molecule has 1 aliphatic rings. The van der Waals surface area contributed by atoms with Crippen LogP contribution in [-0.4, -0.2) is 58.4 Å². The average Bonchev–Trinajstić information content (AvgIpc) is 3.17. The summed E-state index contributed by atoms with van der Waals surface area (Å²) in [7, 11) is -0.782. The van der Waals surface area contributed by atoms with E-state index in [1.165, 1.54) is 39.9 Å². The molecule has 2 rings (SSSR count). The van der Waals surface area contributed by atoms with Gasteiger partial charge in [-0.1, -0.05) is 12.8 Å². The zero-order valence-corrected chi connectivity index (χ0v) is 18.6. The van der Waals surface area contributed by atoms with E-state index in [1.54, 1.807) is 25.1 Å². The second kappa shape index (κ2) is 10.2. The molecule has 1 aromatic carbocycles. The second-order valence-corrected chi connectivity index (χ2v) is 10.1. The Balaban J connectivity index is 2.10. The van der Waals surface area contributed by atoms with Crippen LogP contribution < -0.4 is 19.1 Å². The van der Waals surface area contributed by atoms with Crippen molar-refractivity contribution in [3.05, 3.63) is 18.2 Å². The van der Waals surface area contributed by atoms with E-state index >= 15 is 0 Å². The molecule has 0 saturated heterocycles. The first kappa shape index (κ1) is 22.7. The van der Waals surface area contributed by atoms with Crippen LogP contribution in [-0.2, 0) is 14.8 Å². The van der Waals surface area contributed by atoms with Crippen LogP contribution in [0.15, 0.2) is 18.2 Å². The van der Waals surface area contributed by atoms with Crippen molar-refractivity contribution < 1.29 is 22.7 Å². The number of carbonyl (C=O) groups excluding carboxylic acids is 1. The van der Waals surface area contributed by atoms with Crippen molar-refractivity contribution in [3.8, 4) is 11.5 Å². The smallest absolute Gasteiger partial charge is 0.243 e. The molecule has 0 aliphatic heterocycles. The third-order valence-electron chi connectivity index (χ3n) is 4.77. The van der Waals surface area contributed by atoms with Crippen LogP contribution >= 0.6 is 11.8 Å². The van der Waals surface area contributed by atoms with E-state index in [0.29, 0.717) is 23.3 Å². The summed E-state index contributed by atoms with van der Waals surface area (Å²) < 4.78 is 36.6. The number of ether oxygens (including phenoxy) is 2. The van der Waals surface area contributed by atoms with Crippen molar-refractivity contribution in [1.29, 1.82) is 0 Å². The van der Waals surface area contributed by atoms with Gasteiger partial charge in [-0.15, -0.1) is 0 Å². The highest BCUT2D eigenvalue weighted by Crippen LogP contribution is 2.35. The fraction of sp³-hybridized carbons (Fsp3) is 0.632. The molecule has 158 valence electrons. The van der Waals surface area contributed by atoms with Gasteiger partial charge in [0.2, 0.25) is 15.9 Å². The second-order valence-electron chi connectivity index (χ2n) is 6.84. The van der Waals surface area contributed by atoms with E-state index in [-0.39, 0.29) is 11.6 Å². The topological polar surface area (TPSA) is 84.9 Å². The zero-order chi connectivity index (χ0) is 20.7. The summed E-state index contributed by atoms with van der Waals surface area (Å²) in [6.45, 7) is 2.08. The minimum absolute atomic E-state index is 0.271. The van der Waals surface area contributed by atoms with Crippen molar-refractivity contribution in [2.45, 2.75) is 43.9 Å². The number of hydrogen-bond acceptors (Lipinski definition) is 6. The lowest BCUT2D eigenvalue weighted by atomic mass is 10.2. The van der Waals surface area contributed by atoms with E-state index in [2.05, 4.69) is 5.32 Å². The fourth-order valence-corrected chi connectivity index (χ4v) is 5.74. The Morgan fingerprint density at radius 1 is 1.29 bits per heavy atom. The first-order valence-electron chi connectivity index (χ1n) is 9.38. The molecule has 1 atom stereocenters. The standard InChI is InChI=1S/C19H30N2O5S2/c1-14(19(22)20-11-12-27-16-7-5-6-8-16)21(28(4,23)24)17-13-15(25-2)9-10-18(17)26-3/h9-10,13-14,16H,5-8,11-12H2,1-4H3,(H,20,22)/t14-/m1/s1. The molecular weight excluding hydrogens is 400 g/mol. The maximum Gasteiger partial charge on any atom is 0.243 e. The molecular formula is C19H30N2O5S2. The lowest BCUT2D eigenvalue weighted by Crippen LogP contribution is -2.48.